The van der Waals surface area contributed by atoms with E-state index in [0.717, 1.165) is 16.0 Å². The molecule has 76 valence electrons. The van der Waals surface area contributed by atoms with Gasteiger partial charge in [-0.3, -0.25) is 9.78 Å². The lowest BCUT2D eigenvalue weighted by molar-refractivity contribution is 0.102. The number of rotatable bonds is 2. The molecule has 15 heavy (non-hydrogen) atoms. The van der Waals surface area contributed by atoms with Crippen LogP contribution >= 0.6 is 27.5 Å². The Balaban J connectivity index is 2.17. The minimum atomic E-state index is -0.282. The zero-order chi connectivity index (χ0) is 10.7. The van der Waals surface area contributed by atoms with Gasteiger partial charge in [0.15, 0.2) is 5.69 Å². The molecule has 2 heterocycles. The summed E-state index contributed by atoms with van der Waals surface area (Å²) in [5.41, 5.74) is 0.965. The van der Waals surface area contributed by atoms with Gasteiger partial charge in [-0.15, -0.1) is 5.10 Å². The molecule has 0 saturated carbocycles. The molecule has 0 aliphatic heterocycles. The molecule has 0 unspecified atom stereocenters. The molecule has 0 fully saturated rings. The Morgan fingerprint density at radius 2 is 2.40 bits per heavy atom. The SMILES string of the molecule is O=C(Nc1ccncc1Br)c1csnn1. The number of carbonyl (C=O) groups is 1. The van der Waals surface area contributed by atoms with Gasteiger partial charge in [0.1, 0.15) is 0 Å². The second-order valence-corrected chi connectivity index (χ2v) is 4.06. The fourth-order valence-electron chi connectivity index (χ4n) is 0.926. The highest BCUT2D eigenvalue weighted by Crippen LogP contribution is 2.20. The highest BCUT2D eigenvalue weighted by molar-refractivity contribution is 9.10. The molecule has 0 radical (unpaired) electrons. The van der Waals surface area contributed by atoms with Gasteiger partial charge in [0.05, 0.1) is 10.2 Å². The summed E-state index contributed by atoms with van der Waals surface area (Å²) in [6, 6.07) is 1.70. The van der Waals surface area contributed by atoms with Crippen LogP contribution in [0.2, 0.25) is 0 Å². The van der Waals surface area contributed by atoms with Crippen molar-refractivity contribution < 1.29 is 4.79 Å². The fraction of sp³-hybridized carbons (Fsp3) is 0. The first-order valence-corrected chi connectivity index (χ1v) is 5.58. The number of halogens is 1. The molecular formula is C8H5BrN4OS. The first-order valence-electron chi connectivity index (χ1n) is 3.95. The van der Waals surface area contributed by atoms with Crippen molar-refractivity contribution in [2.24, 2.45) is 0 Å². The Bertz CT molecular complexity index is 473. The van der Waals surface area contributed by atoms with Gasteiger partial charge in [-0.05, 0) is 33.5 Å². The van der Waals surface area contributed by atoms with E-state index in [9.17, 15) is 4.79 Å². The van der Waals surface area contributed by atoms with Crippen molar-refractivity contribution in [3.8, 4) is 0 Å². The van der Waals surface area contributed by atoms with E-state index in [1.807, 2.05) is 0 Å². The molecule has 2 aromatic rings. The molecule has 5 nitrogen and oxygen atoms in total. The summed E-state index contributed by atoms with van der Waals surface area (Å²) in [5, 5.41) is 7.95. The molecule has 0 aliphatic carbocycles. The van der Waals surface area contributed by atoms with Gasteiger partial charge in [0.25, 0.3) is 5.91 Å². The Hall–Kier alpha value is -1.34. The molecule has 0 saturated heterocycles. The number of hydrogen-bond donors (Lipinski definition) is 1. The zero-order valence-corrected chi connectivity index (χ0v) is 9.75. The number of nitrogens with zero attached hydrogens (tertiary/aromatic N) is 3. The molecule has 0 aromatic carbocycles. The van der Waals surface area contributed by atoms with E-state index in [-0.39, 0.29) is 5.91 Å². The van der Waals surface area contributed by atoms with Gasteiger partial charge in [0, 0.05) is 17.8 Å². The number of anilines is 1. The first kappa shape index (κ1) is 10.2. The van der Waals surface area contributed by atoms with Gasteiger partial charge >= 0.3 is 0 Å². The van der Waals surface area contributed by atoms with E-state index >= 15 is 0 Å². The number of nitrogens with one attached hydrogen (secondary N) is 1. The maximum atomic E-state index is 11.6. The maximum Gasteiger partial charge on any atom is 0.277 e. The molecule has 1 amide bonds. The normalized spacial score (nSPS) is 9.93. The van der Waals surface area contributed by atoms with Crippen molar-refractivity contribution >= 4 is 39.1 Å². The molecular weight excluding hydrogens is 280 g/mol. The number of amides is 1. The summed E-state index contributed by atoms with van der Waals surface area (Å²) in [4.78, 5) is 15.5. The van der Waals surface area contributed by atoms with Crippen molar-refractivity contribution in [2.75, 3.05) is 5.32 Å². The summed E-state index contributed by atoms with van der Waals surface area (Å²) in [5.74, 6) is -0.282. The highest BCUT2D eigenvalue weighted by Gasteiger charge is 2.10. The average Bonchev–Trinajstić information content (AvgIpc) is 2.74. The van der Waals surface area contributed by atoms with Gasteiger partial charge in [0.2, 0.25) is 0 Å². The van der Waals surface area contributed by atoms with E-state index in [4.69, 9.17) is 0 Å². The first-order chi connectivity index (χ1) is 7.27. The topological polar surface area (TPSA) is 67.8 Å². The third-order valence-electron chi connectivity index (χ3n) is 1.61. The van der Waals surface area contributed by atoms with Crippen LogP contribution in [0.25, 0.3) is 0 Å². The fourth-order valence-corrected chi connectivity index (χ4v) is 1.71. The maximum absolute atomic E-state index is 11.6. The van der Waals surface area contributed by atoms with E-state index in [2.05, 4.69) is 35.8 Å². The second kappa shape index (κ2) is 4.45. The molecule has 2 rings (SSSR count). The number of pyridine rings is 1. The average molecular weight is 285 g/mol. The lowest BCUT2D eigenvalue weighted by atomic mass is 10.4. The lowest BCUT2D eigenvalue weighted by Crippen LogP contribution is -2.12. The van der Waals surface area contributed by atoms with Gasteiger partial charge in [-0.1, -0.05) is 4.49 Å². The van der Waals surface area contributed by atoms with Crippen molar-refractivity contribution in [3.63, 3.8) is 0 Å². The van der Waals surface area contributed by atoms with Crippen LogP contribution in [0, 0.1) is 0 Å². The van der Waals surface area contributed by atoms with Gasteiger partial charge < -0.3 is 5.32 Å². The predicted molar refractivity (Wildman–Crippen MR) is 59.8 cm³/mol. The summed E-state index contributed by atoms with van der Waals surface area (Å²) < 4.78 is 4.34. The highest BCUT2D eigenvalue weighted by atomic mass is 79.9. The van der Waals surface area contributed by atoms with Crippen molar-refractivity contribution in [1.29, 1.82) is 0 Å². The van der Waals surface area contributed by atoms with Crippen LogP contribution in [0.15, 0.2) is 28.3 Å². The Morgan fingerprint density at radius 3 is 3.07 bits per heavy atom. The minimum Gasteiger partial charge on any atom is -0.319 e. The van der Waals surface area contributed by atoms with Crippen molar-refractivity contribution in [2.45, 2.75) is 0 Å². The second-order valence-electron chi connectivity index (χ2n) is 2.60. The summed E-state index contributed by atoms with van der Waals surface area (Å²) in [7, 11) is 0. The molecule has 0 aliphatic rings. The Labute approximate surface area is 97.8 Å². The lowest BCUT2D eigenvalue weighted by Gasteiger charge is -2.03. The Morgan fingerprint density at radius 1 is 1.53 bits per heavy atom. The predicted octanol–water partition coefficient (Wildman–Crippen LogP) is 1.95. The van der Waals surface area contributed by atoms with Crippen LogP contribution in [0.4, 0.5) is 5.69 Å². The minimum absolute atomic E-state index is 0.282. The van der Waals surface area contributed by atoms with Gasteiger partial charge in [-0.2, -0.15) is 0 Å². The third kappa shape index (κ3) is 2.37. The van der Waals surface area contributed by atoms with E-state index in [1.54, 1.807) is 23.8 Å². The van der Waals surface area contributed by atoms with Crippen LogP contribution in [-0.4, -0.2) is 20.5 Å². The molecule has 1 N–H and O–H groups in total. The molecule has 7 heteroatoms. The third-order valence-corrected chi connectivity index (χ3v) is 2.75. The van der Waals surface area contributed by atoms with Crippen LogP contribution in [0.5, 0.6) is 0 Å². The summed E-state index contributed by atoms with van der Waals surface area (Å²) in [6.07, 6.45) is 3.20. The van der Waals surface area contributed by atoms with E-state index in [1.165, 1.54) is 0 Å². The van der Waals surface area contributed by atoms with E-state index < -0.39 is 0 Å². The van der Waals surface area contributed by atoms with Crippen LogP contribution in [0.1, 0.15) is 10.5 Å². The molecule has 0 bridgehead atoms. The van der Waals surface area contributed by atoms with E-state index in [0.29, 0.717) is 11.4 Å². The molecule has 2 aromatic heterocycles. The summed E-state index contributed by atoms with van der Waals surface area (Å²) >= 11 is 4.41. The van der Waals surface area contributed by atoms with Crippen molar-refractivity contribution in [3.05, 3.63) is 34.0 Å². The van der Waals surface area contributed by atoms with Crippen LogP contribution in [0.3, 0.4) is 0 Å². The quantitative estimate of drug-likeness (QED) is 0.915. The number of aromatic nitrogens is 3. The largest absolute Gasteiger partial charge is 0.319 e. The van der Waals surface area contributed by atoms with Crippen molar-refractivity contribution in [1.82, 2.24) is 14.6 Å². The van der Waals surface area contributed by atoms with Gasteiger partial charge in [-0.25, -0.2) is 0 Å². The Kier molecular flexibility index (Phi) is 3.02. The number of hydrogen-bond acceptors (Lipinski definition) is 5. The standard InChI is InChI=1S/C8H5BrN4OS/c9-5-3-10-2-1-6(5)11-8(14)7-4-15-13-12-7/h1-4H,(H,10,11,14). The smallest absolute Gasteiger partial charge is 0.277 e. The summed E-state index contributed by atoms with van der Waals surface area (Å²) in [6.45, 7) is 0. The zero-order valence-electron chi connectivity index (χ0n) is 7.35. The molecule has 0 spiro atoms. The monoisotopic (exact) mass is 284 g/mol. The number of carbonyl (C=O) groups excluding carboxylic acids is 1. The van der Waals surface area contributed by atoms with Crippen LogP contribution in [-0.2, 0) is 0 Å². The molecule has 0 atom stereocenters. The van der Waals surface area contributed by atoms with Crippen LogP contribution < -0.4 is 5.32 Å².